The first kappa shape index (κ1) is 15.5. The molecule has 0 bridgehead atoms. The Bertz CT molecular complexity index is 463. The van der Waals surface area contributed by atoms with Crippen LogP contribution in [0.3, 0.4) is 0 Å². The third-order valence-corrected chi connectivity index (χ3v) is 2.92. The van der Waals surface area contributed by atoms with E-state index >= 15 is 0 Å². The summed E-state index contributed by atoms with van der Waals surface area (Å²) in [6.45, 7) is 4.67. The Kier molecular flexibility index (Phi) is 6.35. The molecule has 104 valence electrons. The van der Waals surface area contributed by atoms with E-state index in [0.29, 0.717) is 28.9 Å². The summed E-state index contributed by atoms with van der Waals surface area (Å²) in [6.07, 6.45) is 0.871. The van der Waals surface area contributed by atoms with Gasteiger partial charge in [-0.3, -0.25) is 0 Å². The number of hydrogen-bond donors (Lipinski definition) is 2. The second kappa shape index (κ2) is 7.78. The number of halogens is 1. The van der Waals surface area contributed by atoms with Crippen molar-refractivity contribution in [1.82, 2.24) is 5.32 Å². The van der Waals surface area contributed by atoms with Crippen molar-refractivity contribution in [1.29, 1.82) is 0 Å². The normalized spacial score (nSPS) is 9.84. The number of ether oxygens (including phenoxy) is 1. The minimum atomic E-state index is -0.384. The van der Waals surface area contributed by atoms with Crippen molar-refractivity contribution in [3.8, 4) is 0 Å². The van der Waals surface area contributed by atoms with Crippen LogP contribution < -0.4 is 10.6 Å². The Labute approximate surface area is 120 Å². The van der Waals surface area contributed by atoms with E-state index in [1.54, 1.807) is 25.1 Å². The minimum absolute atomic E-state index is 0.272. The van der Waals surface area contributed by atoms with Gasteiger partial charge in [0.1, 0.15) is 0 Å². The highest BCUT2D eigenvalue weighted by atomic mass is 79.9. The quantitative estimate of drug-likeness (QED) is 0.816. The Morgan fingerprint density at radius 1 is 1.32 bits per heavy atom. The van der Waals surface area contributed by atoms with E-state index in [1.165, 1.54) is 0 Å². The molecule has 2 N–H and O–H groups in total. The summed E-state index contributed by atoms with van der Waals surface area (Å²) in [5.41, 5.74) is 1.04. The van der Waals surface area contributed by atoms with Crippen LogP contribution in [0.2, 0.25) is 0 Å². The number of esters is 1. The van der Waals surface area contributed by atoms with Crippen molar-refractivity contribution in [3.63, 3.8) is 0 Å². The lowest BCUT2D eigenvalue weighted by atomic mass is 10.2. The lowest BCUT2D eigenvalue weighted by Crippen LogP contribution is -2.29. The van der Waals surface area contributed by atoms with E-state index in [4.69, 9.17) is 4.74 Å². The standard InChI is InChI=1S/C13H17BrN2O3/c1-3-7-15-13(18)16-11-6-5-9(8-10(11)14)12(17)19-4-2/h5-6,8H,3-4,7H2,1-2H3,(H2,15,16,18). The van der Waals surface area contributed by atoms with Gasteiger partial charge in [0, 0.05) is 11.0 Å². The van der Waals surface area contributed by atoms with Crippen molar-refractivity contribution in [3.05, 3.63) is 28.2 Å². The summed E-state index contributed by atoms with van der Waals surface area (Å²) < 4.78 is 5.53. The molecule has 0 radical (unpaired) electrons. The number of hydrogen-bond acceptors (Lipinski definition) is 3. The molecule has 1 rings (SSSR count). The molecule has 0 aromatic heterocycles. The second-order valence-electron chi connectivity index (χ2n) is 3.80. The number of carbonyl (C=O) groups excluding carboxylic acids is 2. The van der Waals surface area contributed by atoms with Crippen LogP contribution >= 0.6 is 15.9 Å². The van der Waals surface area contributed by atoms with Crippen LogP contribution in [-0.4, -0.2) is 25.2 Å². The maximum Gasteiger partial charge on any atom is 0.338 e. The molecule has 0 spiro atoms. The average molecular weight is 329 g/mol. The first-order valence-corrected chi connectivity index (χ1v) is 6.89. The van der Waals surface area contributed by atoms with Gasteiger partial charge in [-0.15, -0.1) is 0 Å². The van der Waals surface area contributed by atoms with E-state index in [0.717, 1.165) is 6.42 Å². The lowest BCUT2D eigenvalue weighted by Gasteiger charge is -2.09. The first-order chi connectivity index (χ1) is 9.08. The molecule has 0 atom stereocenters. The van der Waals surface area contributed by atoms with Gasteiger partial charge in [-0.2, -0.15) is 0 Å². The van der Waals surface area contributed by atoms with Crippen molar-refractivity contribution >= 4 is 33.6 Å². The molecular weight excluding hydrogens is 312 g/mol. The van der Waals surface area contributed by atoms with Crippen LogP contribution in [0, 0.1) is 0 Å². The van der Waals surface area contributed by atoms with Gasteiger partial charge in [0.15, 0.2) is 0 Å². The van der Waals surface area contributed by atoms with Crippen molar-refractivity contribution in [2.24, 2.45) is 0 Å². The fourth-order valence-electron chi connectivity index (χ4n) is 1.36. The molecule has 0 unspecified atom stereocenters. The Morgan fingerprint density at radius 2 is 2.05 bits per heavy atom. The van der Waals surface area contributed by atoms with Gasteiger partial charge in [-0.1, -0.05) is 6.92 Å². The third-order valence-electron chi connectivity index (χ3n) is 2.26. The maximum atomic E-state index is 11.5. The minimum Gasteiger partial charge on any atom is -0.462 e. The number of rotatable bonds is 5. The van der Waals surface area contributed by atoms with Crippen LogP contribution in [-0.2, 0) is 4.74 Å². The van der Waals surface area contributed by atoms with Gasteiger partial charge in [0.2, 0.25) is 0 Å². The van der Waals surface area contributed by atoms with Crippen LogP contribution in [0.15, 0.2) is 22.7 Å². The van der Waals surface area contributed by atoms with Crippen LogP contribution in [0.1, 0.15) is 30.6 Å². The topological polar surface area (TPSA) is 67.4 Å². The van der Waals surface area contributed by atoms with Crippen molar-refractivity contribution in [2.75, 3.05) is 18.5 Å². The summed E-state index contributed by atoms with van der Waals surface area (Å²) in [7, 11) is 0. The molecular formula is C13H17BrN2O3. The molecule has 1 aromatic carbocycles. The molecule has 2 amide bonds. The average Bonchev–Trinajstić information content (AvgIpc) is 2.39. The summed E-state index contributed by atoms with van der Waals surface area (Å²) in [6, 6.07) is 4.61. The van der Waals surface area contributed by atoms with Crippen molar-refractivity contribution in [2.45, 2.75) is 20.3 Å². The number of benzene rings is 1. The Morgan fingerprint density at radius 3 is 2.63 bits per heavy atom. The van der Waals surface area contributed by atoms with E-state index < -0.39 is 0 Å². The molecule has 0 saturated carbocycles. The summed E-state index contributed by atoms with van der Waals surface area (Å²) in [5, 5.41) is 5.40. The predicted octanol–water partition coefficient (Wildman–Crippen LogP) is 3.16. The van der Waals surface area contributed by atoms with E-state index in [1.807, 2.05) is 6.92 Å². The van der Waals surface area contributed by atoms with Crippen LogP contribution in [0.25, 0.3) is 0 Å². The zero-order chi connectivity index (χ0) is 14.3. The van der Waals surface area contributed by atoms with Gasteiger partial charge in [-0.05, 0) is 47.5 Å². The van der Waals surface area contributed by atoms with Gasteiger partial charge < -0.3 is 15.4 Å². The van der Waals surface area contributed by atoms with Gasteiger partial charge >= 0.3 is 12.0 Å². The van der Waals surface area contributed by atoms with E-state index in [9.17, 15) is 9.59 Å². The molecule has 0 saturated heterocycles. The monoisotopic (exact) mass is 328 g/mol. The zero-order valence-electron chi connectivity index (χ0n) is 11.0. The molecule has 6 heteroatoms. The summed E-state index contributed by atoms with van der Waals surface area (Å²) in [5.74, 6) is -0.384. The molecule has 0 fully saturated rings. The van der Waals surface area contributed by atoms with Gasteiger partial charge in [0.05, 0.1) is 17.9 Å². The van der Waals surface area contributed by atoms with E-state index in [2.05, 4.69) is 26.6 Å². The highest BCUT2D eigenvalue weighted by Gasteiger charge is 2.10. The number of nitrogens with one attached hydrogen (secondary N) is 2. The summed E-state index contributed by atoms with van der Waals surface area (Å²) in [4.78, 5) is 23.0. The predicted molar refractivity (Wildman–Crippen MR) is 77.4 cm³/mol. The largest absolute Gasteiger partial charge is 0.462 e. The highest BCUT2D eigenvalue weighted by molar-refractivity contribution is 9.10. The van der Waals surface area contributed by atoms with E-state index in [-0.39, 0.29) is 12.0 Å². The van der Waals surface area contributed by atoms with Gasteiger partial charge in [0.25, 0.3) is 0 Å². The molecule has 1 aromatic rings. The third kappa shape index (κ3) is 4.90. The lowest BCUT2D eigenvalue weighted by molar-refractivity contribution is 0.0526. The zero-order valence-corrected chi connectivity index (χ0v) is 12.5. The molecule has 0 aliphatic carbocycles. The fraction of sp³-hybridized carbons (Fsp3) is 0.385. The maximum absolute atomic E-state index is 11.5. The molecule has 0 heterocycles. The van der Waals surface area contributed by atoms with Gasteiger partial charge in [-0.25, -0.2) is 9.59 Å². The SMILES string of the molecule is CCCNC(=O)Nc1ccc(C(=O)OCC)cc1Br. The number of urea groups is 1. The fourth-order valence-corrected chi connectivity index (χ4v) is 1.84. The smallest absolute Gasteiger partial charge is 0.338 e. The molecule has 5 nitrogen and oxygen atoms in total. The van der Waals surface area contributed by atoms with Crippen LogP contribution in [0.5, 0.6) is 0 Å². The first-order valence-electron chi connectivity index (χ1n) is 6.10. The Hall–Kier alpha value is -1.56. The number of carbonyl (C=O) groups is 2. The molecule has 0 aliphatic heterocycles. The molecule has 0 aliphatic rings. The Balaban J connectivity index is 2.72. The highest BCUT2D eigenvalue weighted by Crippen LogP contribution is 2.24. The number of anilines is 1. The molecule has 19 heavy (non-hydrogen) atoms. The second-order valence-corrected chi connectivity index (χ2v) is 4.65. The van der Waals surface area contributed by atoms with Crippen LogP contribution in [0.4, 0.5) is 10.5 Å². The number of amides is 2. The van der Waals surface area contributed by atoms with Crippen molar-refractivity contribution < 1.29 is 14.3 Å². The summed E-state index contributed by atoms with van der Waals surface area (Å²) >= 11 is 3.31.